The fourth-order valence-electron chi connectivity index (χ4n) is 4.32. The van der Waals surface area contributed by atoms with E-state index in [1.165, 1.54) is 0 Å². The number of nitrogens with zero attached hydrogens (tertiary/aromatic N) is 2. The normalized spacial score (nSPS) is 11.1. The number of benzene rings is 2. The zero-order valence-electron chi connectivity index (χ0n) is 20.2. The molecular weight excluding hydrogens is 444 g/mol. The Morgan fingerprint density at radius 3 is 2.63 bits per heavy atom. The molecule has 0 spiro atoms. The first-order chi connectivity index (χ1) is 17.1. The highest BCUT2D eigenvalue weighted by molar-refractivity contribution is 5.93. The van der Waals surface area contributed by atoms with Crippen LogP contribution in [0.15, 0.2) is 48.8 Å². The van der Waals surface area contributed by atoms with Crippen molar-refractivity contribution in [3.8, 4) is 17.2 Å². The molecule has 0 saturated heterocycles. The first-order valence-electron chi connectivity index (χ1n) is 11.3. The molecule has 0 radical (unpaired) electrons. The molecule has 0 amide bonds. The van der Waals surface area contributed by atoms with E-state index >= 15 is 0 Å². The largest absolute Gasteiger partial charge is 0.493 e. The number of fused-ring (bicyclic) bond motifs is 2. The van der Waals surface area contributed by atoms with Crippen LogP contribution in [0.1, 0.15) is 11.3 Å². The summed E-state index contributed by atoms with van der Waals surface area (Å²) >= 11 is 0. The zero-order chi connectivity index (χ0) is 24.4. The number of aryl methyl sites for hydroxylation is 1. The van der Waals surface area contributed by atoms with Crippen molar-refractivity contribution in [3.05, 3.63) is 60.0 Å². The van der Waals surface area contributed by atoms with Gasteiger partial charge in [0.25, 0.3) is 0 Å². The van der Waals surface area contributed by atoms with Gasteiger partial charge in [0.2, 0.25) is 11.7 Å². The second-order valence-electron chi connectivity index (χ2n) is 8.20. The highest BCUT2D eigenvalue weighted by atomic mass is 16.5. The second-order valence-corrected chi connectivity index (χ2v) is 8.20. The molecule has 0 aliphatic heterocycles. The molecule has 3 heterocycles. The van der Waals surface area contributed by atoms with E-state index in [-0.39, 0.29) is 0 Å². The van der Waals surface area contributed by atoms with Crippen molar-refractivity contribution in [3.63, 3.8) is 0 Å². The fraction of sp³-hybridized carbons (Fsp3) is 0.231. The van der Waals surface area contributed by atoms with E-state index < -0.39 is 0 Å². The van der Waals surface area contributed by atoms with E-state index in [0.717, 1.165) is 51.0 Å². The van der Waals surface area contributed by atoms with Crippen molar-refractivity contribution in [2.24, 2.45) is 0 Å². The third kappa shape index (κ3) is 4.40. The van der Waals surface area contributed by atoms with Gasteiger partial charge in [-0.2, -0.15) is 4.98 Å². The quantitative estimate of drug-likeness (QED) is 0.234. The van der Waals surface area contributed by atoms with E-state index in [0.29, 0.717) is 29.7 Å². The van der Waals surface area contributed by atoms with Crippen LogP contribution in [0, 0.1) is 6.92 Å². The molecule has 0 aliphatic carbocycles. The van der Waals surface area contributed by atoms with Crippen LogP contribution in [0.3, 0.4) is 0 Å². The molecule has 0 unspecified atom stereocenters. The minimum atomic E-state index is 0.560. The lowest BCUT2D eigenvalue weighted by Crippen LogP contribution is -2.08. The summed E-state index contributed by atoms with van der Waals surface area (Å²) in [7, 11) is 4.84. The van der Waals surface area contributed by atoms with Gasteiger partial charge in [0.1, 0.15) is 5.82 Å². The Labute approximate surface area is 202 Å². The van der Waals surface area contributed by atoms with Crippen LogP contribution in [-0.2, 0) is 6.42 Å². The van der Waals surface area contributed by atoms with Crippen LogP contribution >= 0.6 is 0 Å². The van der Waals surface area contributed by atoms with Crippen molar-refractivity contribution < 1.29 is 14.2 Å². The topological polar surface area (TPSA) is 109 Å². The van der Waals surface area contributed by atoms with E-state index in [9.17, 15) is 0 Å². The Hall–Kier alpha value is -4.40. The number of rotatable bonds is 9. The molecule has 2 aromatic carbocycles. The molecule has 5 aromatic rings. The standard InChI is InChI=1S/C26H28N6O3/c1-15-11-17-12-18(5-6-20(17)30-15)31-22-8-10-28-26(32-22)27-9-7-16-14-29-23-19(16)13-21(33-2)24(34-3)25(23)35-4/h5-6,8,10-14,29-30H,7,9H2,1-4H3,(H2,27,28,31,32). The van der Waals surface area contributed by atoms with Gasteiger partial charge in [0, 0.05) is 46.6 Å². The Kier molecular flexibility index (Phi) is 6.05. The van der Waals surface area contributed by atoms with Gasteiger partial charge < -0.3 is 34.8 Å². The van der Waals surface area contributed by atoms with Crippen molar-refractivity contribution >= 4 is 39.3 Å². The third-order valence-electron chi connectivity index (χ3n) is 5.93. The maximum atomic E-state index is 5.59. The van der Waals surface area contributed by atoms with Gasteiger partial charge in [-0.3, -0.25) is 0 Å². The molecule has 4 N–H and O–H groups in total. The van der Waals surface area contributed by atoms with Gasteiger partial charge in [-0.25, -0.2) is 4.98 Å². The maximum Gasteiger partial charge on any atom is 0.224 e. The van der Waals surface area contributed by atoms with Gasteiger partial charge in [0.05, 0.1) is 26.8 Å². The molecule has 0 bridgehead atoms. The number of hydrogen-bond acceptors (Lipinski definition) is 7. The fourth-order valence-corrected chi connectivity index (χ4v) is 4.32. The number of aromatic amines is 2. The molecule has 9 heteroatoms. The number of hydrogen-bond donors (Lipinski definition) is 4. The minimum absolute atomic E-state index is 0.560. The predicted molar refractivity (Wildman–Crippen MR) is 138 cm³/mol. The molecule has 180 valence electrons. The first-order valence-corrected chi connectivity index (χ1v) is 11.3. The van der Waals surface area contributed by atoms with Gasteiger partial charge in [-0.1, -0.05) is 0 Å². The van der Waals surface area contributed by atoms with Crippen LogP contribution in [0.25, 0.3) is 21.8 Å². The van der Waals surface area contributed by atoms with E-state index in [1.807, 2.05) is 24.4 Å². The van der Waals surface area contributed by atoms with E-state index in [2.05, 4.69) is 55.7 Å². The summed E-state index contributed by atoms with van der Waals surface area (Å²) in [5.74, 6) is 3.10. The lowest BCUT2D eigenvalue weighted by atomic mass is 10.1. The maximum absolute atomic E-state index is 5.59. The van der Waals surface area contributed by atoms with E-state index in [1.54, 1.807) is 27.5 Å². The second kappa shape index (κ2) is 9.46. The molecule has 0 fully saturated rings. The highest BCUT2D eigenvalue weighted by Crippen LogP contribution is 2.43. The van der Waals surface area contributed by atoms with Gasteiger partial charge in [0.15, 0.2) is 11.5 Å². The van der Waals surface area contributed by atoms with Crippen LogP contribution < -0.4 is 24.8 Å². The zero-order valence-corrected chi connectivity index (χ0v) is 20.2. The Balaban J connectivity index is 1.28. The van der Waals surface area contributed by atoms with Gasteiger partial charge in [-0.15, -0.1) is 0 Å². The molecule has 0 aliphatic rings. The molecule has 0 saturated carbocycles. The van der Waals surface area contributed by atoms with Gasteiger partial charge >= 0.3 is 0 Å². The smallest absolute Gasteiger partial charge is 0.224 e. The number of H-pyrrole nitrogens is 2. The molecule has 35 heavy (non-hydrogen) atoms. The number of anilines is 3. The SMILES string of the molecule is COc1cc2c(CCNc3nccc(Nc4ccc5[nH]c(C)cc5c4)n3)c[nH]c2c(OC)c1OC. The summed E-state index contributed by atoms with van der Waals surface area (Å²) in [4.78, 5) is 15.6. The Morgan fingerprint density at radius 1 is 0.971 bits per heavy atom. The van der Waals surface area contributed by atoms with Crippen LogP contribution in [0.2, 0.25) is 0 Å². The summed E-state index contributed by atoms with van der Waals surface area (Å²) in [6, 6.07) is 12.1. The average Bonchev–Trinajstić information content (AvgIpc) is 3.44. The predicted octanol–water partition coefficient (Wildman–Crippen LogP) is 5.17. The number of methoxy groups -OCH3 is 3. The summed E-state index contributed by atoms with van der Waals surface area (Å²) in [5.41, 5.74) is 5.22. The highest BCUT2D eigenvalue weighted by Gasteiger charge is 2.19. The number of ether oxygens (including phenoxy) is 3. The number of aromatic nitrogens is 4. The van der Waals surface area contributed by atoms with Crippen molar-refractivity contribution in [2.75, 3.05) is 38.5 Å². The van der Waals surface area contributed by atoms with Gasteiger partial charge in [-0.05, 0) is 55.3 Å². The lowest BCUT2D eigenvalue weighted by molar-refractivity contribution is 0.327. The van der Waals surface area contributed by atoms with Crippen molar-refractivity contribution in [1.82, 2.24) is 19.9 Å². The van der Waals surface area contributed by atoms with Crippen LogP contribution in [-0.4, -0.2) is 47.8 Å². The van der Waals surface area contributed by atoms with E-state index in [4.69, 9.17) is 14.2 Å². The molecule has 9 nitrogen and oxygen atoms in total. The minimum Gasteiger partial charge on any atom is -0.493 e. The monoisotopic (exact) mass is 472 g/mol. The van der Waals surface area contributed by atoms with Crippen molar-refractivity contribution in [2.45, 2.75) is 13.3 Å². The summed E-state index contributed by atoms with van der Waals surface area (Å²) < 4.78 is 16.6. The summed E-state index contributed by atoms with van der Waals surface area (Å²) in [6.45, 7) is 2.71. The summed E-state index contributed by atoms with van der Waals surface area (Å²) in [5, 5.41) is 8.86. The Morgan fingerprint density at radius 2 is 1.83 bits per heavy atom. The molecule has 5 rings (SSSR count). The third-order valence-corrected chi connectivity index (χ3v) is 5.93. The van der Waals surface area contributed by atoms with Crippen molar-refractivity contribution in [1.29, 1.82) is 0 Å². The van der Waals surface area contributed by atoms with Crippen LogP contribution in [0.5, 0.6) is 17.2 Å². The molecular formula is C26H28N6O3. The molecule has 0 atom stereocenters. The Bertz CT molecular complexity index is 1490. The average molecular weight is 473 g/mol. The molecule has 3 aromatic heterocycles. The summed E-state index contributed by atoms with van der Waals surface area (Å²) in [6.07, 6.45) is 4.47. The lowest BCUT2D eigenvalue weighted by Gasteiger charge is -2.13. The number of nitrogens with one attached hydrogen (secondary N) is 4. The first kappa shape index (κ1) is 22.4. The van der Waals surface area contributed by atoms with Crippen LogP contribution in [0.4, 0.5) is 17.5 Å².